The molecule has 86 valence electrons. The molecule has 0 unspecified atom stereocenters. The van der Waals surface area contributed by atoms with E-state index in [4.69, 9.17) is 0 Å². The van der Waals surface area contributed by atoms with Crippen molar-refractivity contribution in [3.05, 3.63) is 66.8 Å². The predicted octanol–water partition coefficient (Wildman–Crippen LogP) is -2.13. The largest absolute Gasteiger partial charge is 4.00 e. The molecule has 0 spiro atoms. The fourth-order valence-electron chi connectivity index (χ4n) is 1.41. The van der Waals surface area contributed by atoms with E-state index in [0.717, 1.165) is 6.42 Å². The summed E-state index contributed by atoms with van der Waals surface area (Å²) in [6.07, 6.45) is 10.0. The van der Waals surface area contributed by atoms with E-state index in [0.29, 0.717) is 0 Å². The maximum atomic E-state index is 2.99. The predicted molar refractivity (Wildman–Crippen MR) is 61.1 cm³/mol. The van der Waals surface area contributed by atoms with E-state index in [1.54, 1.807) is 0 Å². The van der Waals surface area contributed by atoms with Crippen molar-refractivity contribution in [2.75, 3.05) is 0 Å². The van der Waals surface area contributed by atoms with E-state index in [1.807, 2.05) is 12.2 Å². The van der Waals surface area contributed by atoms with Gasteiger partial charge in [-0.15, -0.1) is 36.1 Å². The molecule has 3 rings (SSSR count). The van der Waals surface area contributed by atoms with Gasteiger partial charge in [-0.25, -0.2) is 12.2 Å². The number of fused-ring (bicyclic) bond motifs is 1. The Morgan fingerprint density at radius 3 is 2.35 bits per heavy atom. The molecule has 0 bridgehead atoms. The molecule has 0 heterocycles. The maximum absolute atomic E-state index is 2.99. The molecule has 0 amide bonds. The van der Waals surface area contributed by atoms with Crippen molar-refractivity contribution in [2.45, 2.75) is 6.42 Å². The van der Waals surface area contributed by atoms with Gasteiger partial charge in [-0.3, -0.25) is 6.08 Å². The molecule has 1 aliphatic rings. The molecule has 0 saturated carbocycles. The molecule has 0 saturated heterocycles. The van der Waals surface area contributed by atoms with Gasteiger partial charge in [0, 0.05) is 0 Å². The molecule has 2 aromatic carbocycles. The summed E-state index contributed by atoms with van der Waals surface area (Å²) in [7, 11) is 0. The molecule has 0 atom stereocenters. The second-order valence-electron chi connectivity index (χ2n) is 3.16. The summed E-state index contributed by atoms with van der Waals surface area (Å²) in [5, 5.41) is 2.66. The Kier molecular flexibility index (Phi) is 13.8. The molecule has 0 nitrogen and oxygen atoms in total. The Hall–Kier alpha value is 0.640. The Balaban J connectivity index is 0. The SMILES string of the molecule is [C-]1=CC=CC1.[Hf+4].[I-].[I-].c1ccc2[cH-]ccc2c1. The van der Waals surface area contributed by atoms with Crippen LogP contribution in [0.1, 0.15) is 6.42 Å². The number of hydrogen-bond donors (Lipinski definition) is 0. The molecule has 17 heavy (non-hydrogen) atoms. The number of rotatable bonds is 0. The minimum atomic E-state index is 0. The van der Waals surface area contributed by atoms with E-state index < -0.39 is 0 Å². The van der Waals surface area contributed by atoms with E-state index >= 15 is 0 Å². The Morgan fingerprint density at radius 1 is 1.06 bits per heavy atom. The Morgan fingerprint density at radius 2 is 1.82 bits per heavy atom. The van der Waals surface area contributed by atoms with E-state index in [-0.39, 0.29) is 73.8 Å². The second-order valence-corrected chi connectivity index (χ2v) is 3.16. The van der Waals surface area contributed by atoms with Gasteiger partial charge in [0.25, 0.3) is 0 Å². The van der Waals surface area contributed by atoms with E-state index in [2.05, 4.69) is 54.6 Å². The first kappa shape index (κ1) is 20.0. The molecule has 0 aliphatic heterocycles. The zero-order valence-corrected chi connectivity index (χ0v) is 17.1. The molecule has 0 aromatic heterocycles. The van der Waals surface area contributed by atoms with Crippen LogP contribution >= 0.6 is 0 Å². The Bertz CT molecular complexity index is 418. The summed E-state index contributed by atoms with van der Waals surface area (Å²) in [5.41, 5.74) is 0. The van der Waals surface area contributed by atoms with Gasteiger partial charge < -0.3 is 48.0 Å². The van der Waals surface area contributed by atoms with Gasteiger partial charge in [0.1, 0.15) is 0 Å². The van der Waals surface area contributed by atoms with Crippen molar-refractivity contribution >= 4 is 10.8 Å². The number of halogens is 2. The van der Waals surface area contributed by atoms with Crippen LogP contribution < -0.4 is 48.0 Å². The molecule has 0 N–H and O–H groups in total. The zero-order chi connectivity index (χ0) is 9.64. The normalized spacial score (nSPS) is 10.6. The molecule has 0 fully saturated rings. The maximum Gasteiger partial charge on any atom is 4.00 e. The van der Waals surface area contributed by atoms with E-state index in [9.17, 15) is 0 Å². The molecule has 2 aromatic rings. The summed E-state index contributed by atoms with van der Waals surface area (Å²) in [6, 6.07) is 14.7. The van der Waals surface area contributed by atoms with Crippen LogP contribution in [0.5, 0.6) is 0 Å². The smallest absolute Gasteiger partial charge is 1.00 e. The van der Waals surface area contributed by atoms with Gasteiger partial charge in [-0.05, 0) is 0 Å². The van der Waals surface area contributed by atoms with Gasteiger partial charge in [0.05, 0.1) is 0 Å². The molecule has 3 heteroatoms. The van der Waals surface area contributed by atoms with Crippen LogP contribution in [0.4, 0.5) is 0 Å². The summed E-state index contributed by atoms with van der Waals surface area (Å²) in [4.78, 5) is 0. The van der Waals surface area contributed by atoms with Crippen molar-refractivity contribution in [3.8, 4) is 0 Å². The molecular formula is C14H12HfI2. The number of benzene rings is 1. The summed E-state index contributed by atoms with van der Waals surface area (Å²) in [6.45, 7) is 0. The van der Waals surface area contributed by atoms with Crippen LogP contribution in [-0.4, -0.2) is 0 Å². The minimum Gasteiger partial charge on any atom is -1.00 e. The third-order valence-electron chi connectivity index (χ3n) is 2.13. The van der Waals surface area contributed by atoms with Crippen molar-refractivity contribution in [1.29, 1.82) is 0 Å². The summed E-state index contributed by atoms with van der Waals surface area (Å²) in [5.74, 6) is 0. The molecule has 0 radical (unpaired) electrons. The van der Waals surface area contributed by atoms with Gasteiger partial charge in [-0.1, -0.05) is 6.07 Å². The van der Waals surface area contributed by atoms with Crippen LogP contribution in [0.15, 0.2) is 60.7 Å². The van der Waals surface area contributed by atoms with Crippen molar-refractivity contribution < 1.29 is 73.8 Å². The summed E-state index contributed by atoms with van der Waals surface area (Å²) >= 11 is 0. The van der Waals surface area contributed by atoms with Crippen molar-refractivity contribution in [1.82, 2.24) is 0 Å². The van der Waals surface area contributed by atoms with Crippen LogP contribution in [0.25, 0.3) is 10.8 Å². The van der Waals surface area contributed by atoms with Crippen molar-refractivity contribution in [3.63, 3.8) is 0 Å². The topological polar surface area (TPSA) is 0 Å². The zero-order valence-electron chi connectivity index (χ0n) is 9.24. The number of allylic oxidation sites excluding steroid dienone is 4. The van der Waals surface area contributed by atoms with Gasteiger partial charge >= 0.3 is 25.8 Å². The molecular weight excluding hydrogens is 600 g/mol. The average Bonchev–Trinajstić information content (AvgIpc) is 2.92. The standard InChI is InChI=1S/C9H7.C5H5.Hf.2HI/c1-2-5-9-7-3-6-8(9)4-1;1-2-4-5-3-1;;;/h1-7H;1-3H,4H2;;2*1H/q2*-1;+4;;/p-2. The third kappa shape index (κ3) is 6.96. The van der Waals surface area contributed by atoms with Gasteiger partial charge in [0.15, 0.2) is 0 Å². The number of hydrogen-bond acceptors (Lipinski definition) is 0. The van der Waals surface area contributed by atoms with Crippen LogP contribution in [0, 0.1) is 6.08 Å². The first-order chi connectivity index (χ1) is 6.97. The monoisotopic (exact) mass is 614 g/mol. The van der Waals surface area contributed by atoms with Crippen LogP contribution in [0.2, 0.25) is 0 Å². The first-order valence-corrected chi connectivity index (χ1v) is 4.79. The quantitative estimate of drug-likeness (QED) is 0.181. The third-order valence-corrected chi connectivity index (χ3v) is 2.13. The van der Waals surface area contributed by atoms with Crippen molar-refractivity contribution in [2.24, 2.45) is 0 Å². The van der Waals surface area contributed by atoms with Crippen LogP contribution in [0.3, 0.4) is 0 Å². The fourth-order valence-corrected chi connectivity index (χ4v) is 1.41. The Labute approximate surface area is 156 Å². The van der Waals surface area contributed by atoms with Gasteiger partial charge in [-0.2, -0.15) is 23.6 Å². The minimum absolute atomic E-state index is 0. The average molecular weight is 613 g/mol. The first-order valence-electron chi connectivity index (χ1n) is 4.79. The summed E-state index contributed by atoms with van der Waals surface area (Å²) < 4.78 is 0. The van der Waals surface area contributed by atoms with Gasteiger partial charge in [0.2, 0.25) is 0 Å². The second kappa shape index (κ2) is 11.7. The fraction of sp³-hybridized carbons (Fsp3) is 0.0714. The molecule has 1 aliphatic carbocycles. The van der Waals surface area contributed by atoms with Crippen LogP contribution in [-0.2, 0) is 25.8 Å². The van der Waals surface area contributed by atoms with E-state index in [1.165, 1.54) is 10.8 Å².